The summed E-state index contributed by atoms with van der Waals surface area (Å²) >= 11 is 0. The number of benzene rings is 1. The van der Waals surface area contributed by atoms with E-state index in [4.69, 9.17) is 0 Å². The first kappa shape index (κ1) is 15.8. The van der Waals surface area contributed by atoms with Crippen molar-refractivity contribution in [1.82, 2.24) is 20.5 Å². The van der Waals surface area contributed by atoms with Crippen LogP contribution in [-0.2, 0) is 28.9 Å². The van der Waals surface area contributed by atoms with E-state index in [1.165, 1.54) is 11.1 Å². The van der Waals surface area contributed by atoms with Crippen LogP contribution in [0.2, 0.25) is 0 Å². The highest BCUT2D eigenvalue weighted by atomic mass is 16.6. The number of carbonyl (C=O) groups is 2. The summed E-state index contributed by atoms with van der Waals surface area (Å²) in [6.45, 7) is 2.32. The summed E-state index contributed by atoms with van der Waals surface area (Å²) in [5.41, 5.74) is 3.79. The lowest BCUT2D eigenvalue weighted by atomic mass is 10.1. The number of rotatable bonds is 4. The number of likely N-dealkylation sites (tertiary alicyclic amines) is 1. The van der Waals surface area contributed by atoms with Crippen LogP contribution < -0.4 is 5.32 Å². The largest absolute Gasteiger partial charge is 0.351 e. The lowest BCUT2D eigenvalue weighted by Gasteiger charge is -2.24. The molecule has 7 nitrogen and oxygen atoms in total. The number of carbonyl (C=O) groups excluding carboxylic acids is 2. The van der Waals surface area contributed by atoms with E-state index in [0.29, 0.717) is 24.4 Å². The van der Waals surface area contributed by atoms with Gasteiger partial charge in [0.2, 0.25) is 11.8 Å². The second kappa shape index (κ2) is 6.31. The van der Waals surface area contributed by atoms with Crippen LogP contribution in [0.15, 0.2) is 28.9 Å². The molecule has 1 aromatic carbocycles. The third-order valence-corrected chi connectivity index (χ3v) is 5.07. The molecule has 1 atom stereocenters. The number of nitrogens with zero attached hydrogens (tertiary/aromatic N) is 3. The highest BCUT2D eigenvalue weighted by molar-refractivity contribution is 5.83. The van der Waals surface area contributed by atoms with Crippen molar-refractivity contribution in [1.29, 1.82) is 0 Å². The quantitative estimate of drug-likeness (QED) is 0.890. The molecule has 0 spiro atoms. The van der Waals surface area contributed by atoms with Gasteiger partial charge in [-0.2, -0.15) is 0 Å². The molecule has 1 N–H and O–H groups in total. The Hall–Kier alpha value is -2.70. The van der Waals surface area contributed by atoms with E-state index >= 15 is 0 Å². The van der Waals surface area contributed by atoms with Gasteiger partial charge < -0.3 is 10.2 Å². The van der Waals surface area contributed by atoms with E-state index in [1.807, 2.05) is 17.0 Å². The van der Waals surface area contributed by atoms with Gasteiger partial charge in [0.15, 0.2) is 0 Å². The predicted molar refractivity (Wildman–Crippen MR) is 88.6 cm³/mol. The maximum Gasteiger partial charge on any atom is 0.226 e. The highest BCUT2D eigenvalue weighted by Gasteiger charge is 2.37. The monoisotopic (exact) mass is 340 g/mol. The summed E-state index contributed by atoms with van der Waals surface area (Å²) in [5.74, 6) is -0.0458. The fourth-order valence-corrected chi connectivity index (χ4v) is 3.78. The summed E-state index contributed by atoms with van der Waals surface area (Å²) < 4.78 is 4.61. The lowest BCUT2D eigenvalue weighted by molar-refractivity contribution is -0.129. The van der Waals surface area contributed by atoms with Crippen molar-refractivity contribution in [3.63, 3.8) is 0 Å². The Balaban J connectivity index is 1.35. The van der Waals surface area contributed by atoms with Gasteiger partial charge in [0.05, 0.1) is 12.5 Å². The molecule has 7 heteroatoms. The average molecular weight is 340 g/mol. The van der Waals surface area contributed by atoms with Crippen LogP contribution >= 0.6 is 0 Å². The molecule has 1 fully saturated rings. The molecule has 1 aliphatic heterocycles. The zero-order chi connectivity index (χ0) is 17.4. The van der Waals surface area contributed by atoms with Gasteiger partial charge in [-0.3, -0.25) is 9.59 Å². The first-order chi connectivity index (χ1) is 12.1. The maximum atomic E-state index is 12.4. The molecule has 2 amide bonds. The Morgan fingerprint density at radius 3 is 2.60 bits per heavy atom. The molecule has 0 unspecified atom stereocenters. The Bertz CT molecular complexity index is 791. The second-order valence-corrected chi connectivity index (χ2v) is 6.82. The van der Waals surface area contributed by atoms with Gasteiger partial charge in [-0.1, -0.05) is 34.6 Å². The molecule has 0 saturated carbocycles. The summed E-state index contributed by atoms with van der Waals surface area (Å²) in [6.07, 6.45) is 2.27. The minimum absolute atomic E-state index is 0.113. The van der Waals surface area contributed by atoms with Gasteiger partial charge in [-0.25, -0.2) is 4.63 Å². The molecule has 2 aromatic rings. The van der Waals surface area contributed by atoms with Crippen molar-refractivity contribution in [3.8, 4) is 0 Å². The Labute approximate surface area is 145 Å². The molecule has 0 radical (unpaired) electrons. The van der Waals surface area contributed by atoms with Crippen molar-refractivity contribution in [2.75, 3.05) is 6.54 Å². The van der Waals surface area contributed by atoms with E-state index in [1.54, 1.807) is 6.92 Å². The van der Waals surface area contributed by atoms with Crippen LogP contribution in [0.3, 0.4) is 0 Å². The predicted octanol–water partition coefficient (Wildman–Crippen LogP) is 0.805. The van der Waals surface area contributed by atoms with Crippen LogP contribution in [0.1, 0.15) is 28.9 Å². The van der Waals surface area contributed by atoms with Crippen molar-refractivity contribution < 1.29 is 14.2 Å². The highest BCUT2D eigenvalue weighted by Crippen LogP contribution is 2.28. The van der Waals surface area contributed by atoms with Gasteiger partial charge in [0.25, 0.3) is 0 Å². The van der Waals surface area contributed by atoms with E-state index in [9.17, 15) is 9.59 Å². The summed E-state index contributed by atoms with van der Waals surface area (Å²) in [6, 6.07) is 8.39. The van der Waals surface area contributed by atoms with Gasteiger partial charge in [0.1, 0.15) is 11.4 Å². The molecule has 4 rings (SSSR count). The molecule has 1 saturated heterocycles. The fraction of sp³-hybridized carbons (Fsp3) is 0.444. The third-order valence-electron chi connectivity index (χ3n) is 5.07. The first-order valence-electron chi connectivity index (χ1n) is 8.54. The second-order valence-electron chi connectivity index (χ2n) is 6.82. The van der Waals surface area contributed by atoms with Gasteiger partial charge in [-0.05, 0) is 30.9 Å². The standard InChI is InChI=1S/C18H20N4O3/c1-11-16(21-25-20-11)9-17(23)19-14-8-18(24)22(10-14)15-6-12-4-2-3-5-13(12)7-15/h2-5,14-15H,6-10H2,1H3,(H,19,23)/t14-/m1/s1. The molecule has 1 aromatic heterocycles. The van der Waals surface area contributed by atoms with Crippen LogP contribution in [0.5, 0.6) is 0 Å². The molecule has 2 heterocycles. The van der Waals surface area contributed by atoms with Crippen LogP contribution in [0, 0.1) is 6.92 Å². The van der Waals surface area contributed by atoms with Gasteiger partial charge in [-0.15, -0.1) is 0 Å². The Morgan fingerprint density at radius 2 is 1.96 bits per heavy atom. The van der Waals surface area contributed by atoms with E-state index in [0.717, 1.165) is 12.8 Å². The van der Waals surface area contributed by atoms with Crippen molar-refractivity contribution in [2.24, 2.45) is 0 Å². The number of amides is 2. The normalized spacial score (nSPS) is 20.1. The number of fused-ring (bicyclic) bond motifs is 1. The van der Waals surface area contributed by atoms with Gasteiger partial charge in [0, 0.05) is 19.0 Å². The van der Waals surface area contributed by atoms with Crippen LogP contribution in [-0.4, -0.2) is 45.7 Å². The number of nitrogens with one attached hydrogen (secondary N) is 1. The zero-order valence-electron chi connectivity index (χ0n) is 14.1. The minimum atomic E-state index is -0.159. The summed E-state index contributed by atoms with van der Waals surface area (Å²) in [4.78, 5) is 26.5. The Kier molecular flexibility index (Phi) is 3.99. The van der Waals surface area contributed by atoms with Gasteiger partial charge >= 0.3 is 0 Å². The summed E-state index contributed by atoms with van der Waals surface area (Å²) in [7, 11) is 0. The van der Waals surface area contributed by atoms with Crippen molar-refractivity contribution in [2.45, 2.75) is 44.7 Å². The smallest absolute Gasteiger partial charge is 0.226 e. The minimum Gasteiger partial charge on any atom is -0.351 e. The number of aromatic nitrogens is 2. The average Bonchev–Trinajstić information content (AvgIpc) is 3.26. The topological polar surface area (TPSA) is 88.3 Å². The van der Waals surface area contributed by atoms with Crippen LogP contribution in [0.25, 0.3) is 0 Å². The van der Waals surface area contributed by atoms with E-state index in [-0.39, 0.29) is 30.3 Å². The van der Waals surface area contributed by atoms with Crippen molar-refractivity contribution >= 4 is 11.8 Å². The van der Waals surface area contributed by atoms with Crippen LogP contribution in [0.4, 0.5) is 0 Å². The number of hydrogen-bond acceptors (Lipinski definition) is 5. The molecular formula is C18H20N4O3. The van der Waals surface area contributed by atoms with Crippen molar-refractivity contribution in [3.05, 3.63) is 46.8 Å². The molecule has 0 bridgehead atoms. The molecular weight excluding hydrogens is 320 g/mol. The first-order valence-corrected chi connectivity index (χ1v) is 8.54. The van der Waals surface area contributed by atoms with E-state index in [2.05, 4.69) is 32.4 Å². The molecule has 2 aliphatic rings. The number of hydrogen-bond donors (Lipinski definition) is 1. The number of aryl methyl sites for hydroxylation is 1. The molecule has 130 valence electrons. The third kappa shape index (κ3) is 3.14. The SMILES string of the molecule is Cc1nonc1CC(=O)N[C@@H]1CC(=O)N(C2Cc3ccccc3C2)C1. The fourth-order valence-electron chi connectivity index (χ4n) is 3.78. The Morgan fingerprint density at radius 1 is 1.24 bits per heavy atom. The zero-order valence-corrected chi connectivity index (χ0v) is 14.1. The lowest BCUT2D eigenvalue weighted by Crippen LogP contribution is -2.41. The summed E-state index contributed by atoms with van der Waals surface area (Å²) in [5, 5.41) is 10.3. The molecule has 25 heavy (non-hydrogen) atoms. The maximum absolute atomic E-state index is 12.4. The molecule has 1 aliphatic carbocycles. The van der Waals surface area contributed by atoms with E-state index < -0.39 is 0 Å².